The maximum atomic E-state index is 11.7. The SMILES string of the molecule is COC(=O)N1C[C@H]2CC[C@@H](C1)C2(O)C#Cc1cccc(C)c1. The molecule has 1 aromatic rings. The molecule has 1 saturated carbocycles. The zero-order valence-electron chi connectivity index (χ0n) is 13.0. The normalized spacial score (nSPS) is 29.7. The van der Waals surface area contributed by atoms with Crippen LogP contribution in [-0.4, -0.2) is 41.9 Å². The number of hydrogen-bond acceptors (Lipinski definition) is 3. The van der Waals surface area contributed by atoms with E-state index in [2.05, 4.69) is 11.8 Å². The lowest BCUT2D eigenvalue weighted by Crippen LogP contribution is -2.54. The van der Waals surface area contributed by atoms with E-state index in [4.69, 9.17) is 4.74 Å². The Balaban J connectivity index is 1.82. The molecule has 2 bridgehead atoms. The number of fused-ring (bicyclic) bond motifs is 2. The van der Waals surface area contributed by atoms with Gasteiger partial charge in [-0.1, -0.05) is 24.0 Å². The minimum atomic E-state index is -0.992. The molecule has 1 unspecified atom stereocenters. The second-order valence-electron chi connectivity index (χ2n) is 6.29. The van der Waals surface area contributed by atoms with Crippen molar-refractivity contribution < 1.29 is 14.6 Å². The lowest BCUT2D eigenvalue weighted by Gasteiger charge is -2.40. The van der Waals surface area contributed by atoms with Gasteiger partial charge in [0.1, 0.15) is 5.60 Å². The Hall–Kier alpha value is -1.99. The van der Waals surface area contributed by atoms with Crippen LogP contribution in [0.5, 0.6) is 0 Å². The maximum absolute atomic E-state index is 11.7. The summed E-state index contributed by atoms with van der Waals surface area (Å²) in [6.07, 6.45) is 1.49. The molecule has 1 aliphatic heterocycles. The van der Waals surface area contributed by atoms with Crippen molar-refractivity contribution in [3.63, 3.8) is 0 Å². The molecule has 0 aromatic heterocycles. The van der Waals surface area contributed by atoms with Crippen molar-refractivity contribution in [1.29, 1.82) is 0 Å². The summed E-state index contributed by atoms with van der Waals surface area (Å²) >= 11 is 0. The first-order chi connectivity index (χ1) is 10.5. The standard InChI is InChI=1S/C18H21NO3/c1-13-4-3-5-14(10-13)8-9-18(21)15-6-7-16(18)12-19(11-15)17(20)22-2/h3-5,10,15-16,21H,6-7,11-12H2,1-2H3/t15-,16+,18?. The van der Waals surface area contributed by atoms with Gasteiger partial charge in [-0.05, 0) is 37.5 Å². The maximum Gasteiger partial charge on any atom is 0.409 e. The highest BCUT2D eigenvalue weighted by molar-refractivity contribution is 5.67. The third-order valence-electron chi connectivity index (χ3n) is 4.85. The summed E-state index contributed by atoms with van der Waals surface area (Å²) < 4.78 is 4.79. The lowest BCUT2D eigenvalue weighted by atomic mass is 9.80. The number of hydrogen-bond donors (Lipinski definition) is 1. The zero-order chi connectivity index (χ0) is 15.7. The van der Waals surface area contributed by atoms with E-state index in [0.717, 1.165) is 24.0 Å². The predicted octanol–water partition coefficient (Wildman–Crippen LogP) is 2.19. The van der Waals surface area contributed by atoms with Crippen LogP contribution in [0.1, 0.15) is 24.0 Å². The van der Waals surface area contributed by atoms with Crippen LogP contribution in [0.15, 0.2) is 24.3 Å². The number of benzene rings is 1. The second-order valence-corrected chi connectivity index (χ2v) is 6.29. The quantitative estimate of drug-likeness (QED) is 0.747. The van der Waals surface area contributed by atoms with Crippen molar-refractivity contribution in [2.45, 2.75) is 25.4 Å². The fourth-order valence-corrected chi connectivity index (χ4v) is 3.62. The summed E-state index contributed by atoms with van der Waals surface area (Å²) in [5, 5.41) is 11.0. The molecule has 22 heavy (non-hydrogen) atoms. The number of amides is 1. The average molecular weight is 299 g/mol. The van der Waals surface area contributed by atoms with Gasteiger partial charge >= 0.3 is 6.09 Å². The number of carbonyl (C=O) groups is 1. The summed E-state index contributed by atoms with van der Waals surface area (Å²) in [7, 11) is 1.39. The molecule has 4 nitrogen and oxygen atoms in total. The van der Waals surface area contributed by atoms with Gasteiger partial charge in [0.25, 0.3) is 0 Å². The first-order valence-electron chi connectivity index (χ1n) is 7.68. The molecule has 1 amide bonds. The molecular formula is C18H21NO3. The highest BCUT2D eigenvalue weighted by atomic mass is 16.5. The van der Waals surface area contributed by atoms with Crippen molar-refractivity contribution in [1.82, 2.24) is 4.90 Å². The van der Waals surface area contributed by atoms with Gasteiger partial charge in [-0.15, -0.1) is 0 Å². The van der Waals surface area contributed by atoms with Gasteiger partial charge in [-0.25, -0.2) is 4.79 Å². The van der Waals surface area contributed by atoms with E-state index in [0.29, 0.717) is 13.1 Å². The number of rotatable bonds is 0. The third kappa shape index (κ3) is 2.57. The van der Waals surface area contributed by atoms with Gasteiger partial charge < -0.3 is 14.7 Å². The van der Waals surface area contributed by atoms with Gasteiger partial charge in [-0.2, -0.15) is 0 Å². The molecule has 1 heterocycles. The summed E-state index contributed by atoms with van der Waals surface area (Å²) in [5.74, 6) is 6.23. The Morgan fingerprint density at radius 2 is 2.05 bits per heavy atom. The first-order valence-corrected chi connectivity index (χ1v) is 7.68. The van der Waals surface area contributed by atoms with Gasteiger partial charge in [0, 0.05) is 30.5 Å². The molecule has 1 aromatic carbocycles. The van der Waals surface area contributed by atoms with Crippen LogP contribution < -0.4 is 0 Å². The van der Waals surface area contributed by atoms with Gasteiger partial charge in [0.2, 0.25) is 0 Å². The van der Waals surface area contributed by atoms with Crippen molar-refractivity contribution in [3.05, 3.63) is 35.4 Å². The topological polar surface area (TPSA) is 49.8 Å². The Labute approximate surface area is 131 Å². The number of ether oxygens (including phenoxy) is 1. The van der Waals surface area contributed by atoms with E-state index in [9.17, 15) is 9.90 Å². The molecule has 3 rings (SSSR count). The van der Waals surface area contributed by atoms with E-state index >= 15 is 0 Å². The molecule has 1 aliphatic carbocycles. The summed E-state index contributed by atoms with van der Waals surface area (Å²) in [5.41, 5.74) is 1.08. The van der Waals surface area contributed by atoms with E-state index in [1.807, 2.05) is 31.2 Å². The van der Waals surface area contributed by atoms with E-state index in [1.54, 1.807) is 4.90 Å². The zero-order valence-corrected chi connectivity index (χ0v) is 13.0. The monoisotopic (exact) mass is 299 g/mol. The molecule has 1 N–H and O–H groups in total. The largest absolute Gasteiger partial charge is 0.453 e. The first kappa shape index (κ1) is 14.9. The van der Waals surface area contributed by atoms with E-state index < -0.39 is 5.60 Å². The lowest BCUT2D eigenvalue weighted by molar-refractivity contribution is -0.0339. The number of likely N-dealkylation sites (tertiary alicyclic amines) is 1. The number of nitrogens with zero attached hydrogens (tertiary/aromatic N) is 1. The summed E-state index contributed by atoms with van der Waals surface area (Å²) in [6, 6.07) is 7.97. The minimum absolute atomic E-state index is 0.00246. The van der Waals surface area contributed by atoms with Crippen molar-refractivity contribution in [3.8, 4) is 11.8 Å². The van der Waals surface area contributed by atoms with Crippen LogP contribution in [0.2, 0.25) is 0 Å². The van der Waals surface area contributed by atoms with Gasteiger partial charge in [0.05, 0.1) is 7.11 Å². The van der Waals surface area contributed by atoms with Crippen LogP contribution in [0.25, 0.3) is 0 Å². The minimum Gasteiger partial charge on any atom is -0.453 e. The molecular weight excluding hydrogens is 278 g/mol. The van der Waals surface area contributed by atoms with Crippen molar-refractivity contribution in [2.24, 2.45) is 11.8 Å². The van der Waals surface area contributed by atoms with E-state index in [-0.39, 0.29) is 17.9 Å². The average Bonchev–Trinajstić information content (AvgIpc) is 2.69. The fourth-order valence-electron chi connectivity index (χ4n) is 3.62. The van der Waals surface area contributed by atoms with Crippen molar-refractivity contribution >= 4 is 6.09 Å². The highest BCUT2D eigenvalue weighted by Crippen LogP contribution is 2.44. The summed E-state index contributed by atoms with van der Waals surface area (Å²) in [4.78, 5) is 13.4. The Morgan fingerprint density at radius 1 is 1.36 bits per heavy atom. The van der Waals surface area contributed by atoms with Crippen LogP contribution in [0, 0.1) is 30.6 Å². The smallest absolute Gasteiger partial charge is 0.409 e. The van der Waals surface area contributed by atoms with Crippen molar-refractivity contribution in [2.75, 3.05) is 20.2 Å². The fraction of sp³-hybridized carbons (Fsp3) is 0.500. The Bertz CT molecular complexity index is 629. The highest BCUT2D eigenvalue weighted by Gasteiger charge is 2.53. The van der Waals surface area contributed by atoms with Gasteiger partial charge in [-0.3, -0.25) is 0 Å². The number of methoxy groups -OCH3 is 1. The molecule has 3 atom stereocenters. The second kappa shape index (κ2) is 5.66. The molecule has 116 valence electrons. The predicted molar refractivity (Wildman–Crippen MR) is 83.2 cm³/mol. The Morgan fingerprint density at radius 3 is 2.64 bits per heavy atom. The molecule has 0 spiro atoms. The van der Waals surface area contributed by atoms with Crippen LogP contribution in [-0.2, 0) is 4.74 Å². The molecule has 0 radical (unpaired) electrons. The van der Waals surface area contributed by atoms with Crippen LogP contribution >= 0.6 is 0 Å². The molecule has 1 saturated heterocycles. The molecule has 4 heteroatoms. The Kier molecular flexibility index (Phi) is 3.84. The number of aryl methyl sites for hydroxylation is 1. The van der Waals surface area contributed by atoms with Crippen LogP contribution in [0.3, 0.4) is 0 Å². The number of piperidine rings is 1. The third-order valence-corrected chi connectivity index (χ3v) is 4.85. The molecule has 2 aliphatic rings. The van der Waals surface area contributed by atoms with Gasteiger partial charge in [0.15, 0.2) is 0 Å². The van der Waals surface area contributed by atoms with Crippen LogP contribution in [0.4, 0.5) is 4.79 Å². The summed E-state index contributed by atoms with van der Waals surface area (Å²) in [6.45, 7) is 3.06. The molecule has 2 fully saturated rings. The number of aliphatic hydroxyl groups is 1. The van der Waals surface area contributed by atoms with E-state index in [1.165, 1.54) is 7.11 Å². The number of carbonyl (C=O) groups excluding carboxylic acids is 1.